The molecule has 0 amide bonds. The average Bonchev–Trinajstić information content (AvgIpc) is 2.89. The molecule has 4 rings (SSSR count). The minimum absolute atomic E-state index is 0.0273. The van der Waals surface area contributed by atoms with Gasteiger partial charge in [-0.3, -0.25) is 9.59 Å². The van der Waals surface area contributed by atoms with Crippen LogP contribution in [0.1, 0.15) is 42.2 Å². The lowest BCUT2D eigenvalue weighted by Gasteiger charge is -2.08. The number of carbonyl (C=O) groups is 3. The van der Waals surface area contributed by atoms with E-state index < -0.39 is 11.8 Å². The number of benzene rings is 4. The standard InChI is InChI=1S/C15H12O5.C13H10O/c1-20-9-6-7-12(13(16)8-9)14(17)10-4-2-3-5-11(10)15(18)19;14-13(11-7-3-1-4-8-11)12-9-5-2-6-10-12/h2-8,16H,1H3,(H,18,19);1-10H. The van der Waals surface area contributed by atoms with E-state index in [0.29, 0.717) is 5.75 Å². The number of ether oxygens (including phenoxy) is 1. The minimum Gasteiger partial charge on any atom is -0.507 e. The van der Waals surface area contributed by atoms with Crippen molar-refractivity contribution in [1.82, 2.24) is 0 Å². The number of carbonyl (C=O) groups excluding carboxylic acids is 2. The molecule has 0 spiro atoms. The van der Waals surface area contributed by atoms with E-state index in [1.54, 1.807) is 6.07 Å². The Hall–Kier alpha value is -4.71. The molecule has 0 heterocycles. The van der Waals surface area contributed by atoms with E-state index in [4.69, 9.17) is 9.84 Å². The third-order valence-corrected chi connectivity index (χ3v) is 4.92. The smallest absolute Gasteiger partial charge is 0.336 e. The van der Waals surface area contributed by atoms with Crippen LogP contribution in [0, 0.1) is 0 Å². The fourth-order valence-corrected chi connectivity index (χ4v) is 3.19. The highest BCUT2D eigenvalue weighted by molar-refractivity contribution is 6.15. The van der Waals surface area contributed by atoms with Gasteiger partial charge < -0.3 is 14.9 Å². The van der Waals surface area contributed by atoms with Crippen molar-refractivity contribution in [3.8, 4) is 11.5 Å². The van der Waals surface area contributed by atoms with Gasteiger partial charge in [-0.25, -0.2) is 4.79 Å². The summed E-state index contributed by atoms with van der Waals surface area (Å²) in [4.78, 5) is 35.3. The summed E-state index contributed by atoms with van der Waals surface area (Å²) in [6, 6.07) is 28.7. The summed E-state index contributed by atoms with van der Waals surface area (Å²) in [6.45, 7) is 0. The van der Waals surface area contributed by atoms with Crippen LogP contribution in [0.15, 0.2) is 103 Å². The number of hydrogen-bond acceptors (Lipinski definition) is 5. The Balaban J connectivity index is 0.000000202. The number of phenols is 1. The summed E-state index contributed by atoms with van der Waals surface area (Å²) in [5.41, 5.74) is 1.42. The van der Waals surface area contributed by atoms with Gasteiger partial charge in [0.25, 0.3) is 0 Å². The first-order chi connectivity index (χ1) is 16.4. The first-order valence-corrected chi connectivity index (χ1v) is 10.3. The molecule has 34 heavy (non-hydrogen) atoms. The number of hydrogen-bond donors (Lipinski definition) is 2. The third kappa shape index (κ3) is 5.75. The van der Waals surface area contributed by atoms with Crippen LogP contribution in [-0.4, -0.2) is 34.9 Å². The Labute approximate surface area is 196 Å². The number of methoxy groups -OCH3 is 1. The molecule has 0 unspecified atom stereocenters. The van der Waals surface area contributed by atoms with Crippen molar-refractivity contribution in [2.24, 2.45) is 0 Å². The minimum atomic E-state index is -1.19. The normalized spacial score (nSPS) is 9.91. The number of aromatic hydroxyl groups is 1. The van der Waals surface area contributed by atoms with Gasteiger partial charge in [0.2, 0.25) is 0 Å². The molecule has 0 saturated carbocycles. The van der Waals surface area contributed by atoms with Crippen LogP contribution in [0.2, 0.25) is 0 Å². The molecule has 0 fully saturated rings. The molecule has 0 saturated heterocycles. The molecule has 0 aliphatic heterocycles. The Morgan fingerprint density at radius 1 is 0.618 bits per heavy atom. The number of rotatable bonds is 6. The Morgan fingerprint density at radius 3 is 1.59 bits per heavy atom. The fraction of sp³-hybridized carbons (Fsp3) is 0.0357. The molecule has 0 aliphatic rings. The van der Waals surface area contributed by atoms with Crippen molar-refractivity contribution >= 4 is 17.5 Å². The largest absolute Gasteiger partial charge is 0.507 e. The summed E-state index contributed by atoms with van der Waals surface area (Å²) in [6.07, 6.45) is 0. The number of ketones is 2. The monoisotopic (exact) mass is 454 g/mol. The third-order valence-electron chi connectivity index (χ3n) is 4.92. The van der Waals surface area contributed by atoms with Crippen molar-refractivity contribution in [3.05, 3.63) is 131 Å². The highest BCUT2D eigenvalue weighted by Gasteiger charge is 2.20. The molecule has 0 bridgehead atoms. The van der Waals surface area contributed by atoms with Crippen molar-refractivity contribution in [2.45, 2.75) is 0 Å². The van der Waals surface area contributed by atoms with Crippen LogP contribution >= 0.6 is 0 Å². The van der Waals surface area contributed by atoms with Gasteiger partial charge in [0, 0.05) is 22.8 Å². The summed E-state index contributed by atoms with van der Waals surface area (Å²) >= 11 is 0. The van der Waals surface area contributed by atoms with Gasteiger partial charge in [-0.05, 0) is 18.2 Å². The van der Waals surface area contributed by atoms with Gasteiger partial charge >= 0.3 is 5.97 Å². The van der Waals surface area contributed by atoms with E-state index in [1.807, 2.05) is 60.7 Å². The van der Waals surface area contributed by atoms with Gasteiger partial charge in [0.05, 0.1) is 18.2 Å². The molecular weight excluding hydrogens is 432 g/mol. The molecule has 0 radical (unpaired) electrons. The maximum Gasteiger partial charge on any atom is 0.336 e. The maximum absolute atomic E-state index is 12.3. The number of carboxylic acid groups (broad SMARTS) is 1. The van der Waals surface area contributed by atoms with Gasteiger partial charge in [0.1, 0.15) is 11.5 Å². The van der Waals surface area contributed by atoms with E-state index in [9.17, 15) is 19.5 Å². The van der Waals surface area contributed by atoms with E-state index in [2.05, 4.69) is 0 Å². The highest BCUT2D eigenvalue weighted by atomic mass is 16.5. The van der Waals surface area contributed by atoms with E-state index in [0.717, 1.165) is 11.1 Å². The fourth-order valence-electron chi connectivity index (χ4n) is 3.19. The van der Waals surface area contributed by atoms with Crippen molar-refractivity contribution in [2.75, 3.05) is 7.11 Å². The summed E-state index contributed by atoms with van der Waals surface area (Å²) in [7, 11) is 1.44. The van der Waals surface area contributed by atoms with Crippen LogP contribution in [0.3, 0.4) is 0 Å². The van der Waals surface area contributed by atoms with Crippen LogP contribution in [0.25, 0.3) is 0 Å². The summed E-state index contributed by atoms with van der Waals surface area (Å²) in [5.74, 6) is -1.52. The zero-order chi connectivity index (χ0) is 24.5. The highest BCUT2D eigenvalue weighted by Crippen LogP contribution is 2.26. The summed E-state index contributed by atoms with van der Waals surface area (Å²) in [5, 5.41) is 18.9. The van der Waals surface area contributed by atoms with Crippen LogP contribution in [-0.2, 0) is 0 Å². The molecule has 6 heteroatoms. The van der Waals surface area contributed by atoms with Gasteiger partial charge in [-0.15, -0.1) is 0 Å². The molecule has 2 N–H and O–H groups in total. The lowest BCUT2D eigenvalue weighted by atomic mass is 9.97. The predicted molar refractivity (Wildman–Crippen MR) is 128 cm³/mol. The summed E-state index contributed by atoms with van der Waals surface area (Å²) < 4.78 is 4.93. The first kappa shape index (κ1) is 23.9. The Morgan fingerprint density at radius 2 is 1.12 bits per heavy atom. The van der Waals surface area contributed by atoms with E-state index in [-0.39, 0.29) is 28.2 Å². The number of carboxylic acids is 1. The van der Waals surface area contributed by atoms with Crippen LogP contribution in [0.4, 0.5) is 0 Å². The lowest BCUT2D eigenvalue weighted by Crippen LogP contribution is -2.09. The quantitative estimate of drug-likeness (QED) is 0.386. The maximum atomic E-state index is 12.3. The SMILES string of the molecule is COc1ccc(C(=O)c2ccccc2C(=O)O)c(O)c1.O=C(c1ccccc1)c1ccccc1. The topological polar surface area (TPSA) is 101 Å². The predicted octanol–water partition coefficient (Wildman–Crippen LogP) is 5.25. The van der Waals surface area contributed by atoms with Crippen molar-refractivity contribution in [1.29, 1.82) is 0 Å². The molecule has 6 nitrogen and oxygen atoms in total. The second-order valence-electron chi connectivity index (χ2n) is 7.12. The molecule has 170 valence electrons. The van der Waals surface area contributed by atoms with E-state index >= 15 is 0 Å². The second-order valence-corrected chi connectivity index (χ2v) is 7.12. The molecule has 4 aromatic rings. The molecule has 0 aliphatic carbocycles. The zero-order valence-electron chi connectivity index (χ0n) is 18.3. The molecule has 0 atom stereocenters. The van der Waals surface area contributed by atoms with Gasteiger partial charge in [0.15, 0.2) is 11.6 Å². The number of aromatic carboxylic acids is 1. The zero-order valence-corrected chi connectivity index (χ0v) is 18.3. The Bertz CT molecular complexity index is 1260. The molecule has 0 aromatic heterocycles. The Kier molecular flexibility index (Phi) is 7.92. The first-order valence-electron chi connectivity index (χ1n) is 10.3. The van der Waals surface area contributed by atoms with Gasteiger partial charge in [-0.1, -0.05) is 78.9 Å². The lowest BCUT2D eigenvalue weighted by molar-refractivity contribution is 0.0692. The number of phenolic OH excluding ortho intramolecular Hbond substituents is 1. The van der Waals surface area contributed by atoms with Crippen LogP contribution in [0.5, 0.6) is 11.5 Å². The van der Waals surface area contributed by atoms with Crippen molar-refractivity contribution in [3.63, 3.8) is 0 Å². The van der Waals surface area contributed by atoms with Crippen molar-refractivity contribution < 1.29 is 29.3 Å². The van der Waals surface area contributed by atoms with Crippen LogP contribution < -0.4 is 4.74 Å². The average molecular weight is 454 g/mol. The van der Waals surface area contributed by atoms with Gasteiger partial charge in [-0.2, -0.15) is 0 Å². The van der Waals surface area contributed by atoms with E-state index in [1.165, 1.54) is 43.5 Å². The molecule has 4 aromatic carbocycles. The molecular formula is C28H22O6. The second kappa shape index (κ2) is 11.2.